The van der Waals surface area contributed by atoms with E-state index in [0.717, 1.165) is 0 Å². The Bertz CT molecular complexity index is 2960. The minimum Gasteiger partial charge on any atom is -0.309 e. The van der Waals surface area contributed by atoms with E-state index in [4.69, 9.17) is 0 Å². The van der Waals surface area contributed by atoms with Gasteiger partial charge in [-0.25, -0.2) is 0 Å². The summed E-state index contributed by atoms with van der Waals surface area (Å²) in [7, 11) is 0. The Hall–Kier alpha value is -6.64. The van der Waals surface area contributed by atoms with Crippen molar-refractivity contribution in [2.24, 2.45) is 0 Å². The van der Waals surface area contributed by atoms with Gasteiger partial charge in [0.05, 0.1) is 27.8 Å². The second-order valence-corrected chi connectivity index (χ2v) is 13.3. The van der Waals surface area contributed by atoms with E-state index in [0.29, 0.717) is 0 Å². The molecule has 0 unspecified atom stereocenters. The highest BCUT2D eigenvalue weighted by Crippen LogP contribution is 2.48. The second-order valence-electron chi connectivity index (χ2n) is 13.3. The van der Waals surface area contributed by atoms with Crippen molar-refractivity contribution < 1.29 is 0 Å². The largest absolute Gasteiger partial charge is 0.309 e. The first-order valence-corrected chi connectivity index (χ1v) is 17.3. The molecular formula is C48H30N2. The summed E-state index contributed by atoms with van der Waals surface area (Å²) in [5.41, 5.74) is 17.3. The number of fused-ring (bicyclic) bond motifs is 11. The Morgan fingerprint density at radius 2 is 0.800 bits per heavy atom. The normalized spacial score (nSPS) is 12.0. The van der Waals surface area contributed by atoms with Gasteiger partial charge in [0.1, 0.15) is 0 Å². The topological polar surface area (TPSA) is 9.86 Å². The zero-order chi connectivity index (χ0) is 32.8. The molecule has 0 fully saturated rings. The number of hydrogen-bond acceptors (Lipinski definition) is 0. The lowest BCUT2D eigenvalue weighted by Crippen LogP contribution is -1.95. The number of rotatable bonds is 3. The first-order valence-electron chi connectivity index (χ1n) is 17.3. The Balaban J connectivity index is 1.08. The Kier molecular flexibility index (Phi) is 5.70. The zero-order valence-corrected chi connectivity index (χ0v) is 27.2. The third-order valence-corrected chi connectivity index (χ3v) is 10.7. The molecule has 2 nitrogen and oxygen atoms in total. The molecule has 0 bridgehead atoms. The fourth-order valence-corrected chi connectivity index (χ4v) is 8.43. The molecule has 0 amide bonds. The monoisotopic (exact) mass is 634 g/mol. The maximum Gasteiger partial charge on any atom is 0.0620 e. The summed E-state index contributed by atoms with van der Waals surface area (Å²) in [6, 6.07) is 66.8. The van der Waals surface area contributed by atoms with E-state index in [-0.39, 0.29) is 0 Å². The summed E-state index contributed by atoms with van der Waals surface area (Å²) in [6.07, 6.45) is 0. The van der Waals surface area contributed by atoms with Crippen LogP contribution in [0.1, 0.15) is 0 Å². The van der Waals surface area contributed by atoms with Crippen LogP contribution in [-0.4, -0.2) is 9.13 Å². The van der Waals surface area contributed by atoms with Crippen molar-refractivity contribution in [3.63, 3.8) is 0 Å². The van der Waals surface area contributed by atoms with E-state index in [1.807, 2.05) is 0 Å². The molecule has 0 saturated carbocycles. The first-order chi connectivity index (χ1) is 24.8. The fourth-order valence-electron chi connectivity index (χ4n) is 8.43. The molecule has 0 atom stereocenters. The molecule has 0 radical (unpaired) electrons. The minimum atomic E-state index is 1.18. The Morgan fingerprint density at radius 3 is 1.56 bits per heavy atom. The van der Waals surface area contributed by atoms with E-state index in [1.54, 1.807) is 0 Å². The lowest BCUT2D eigenvalue weighted by Gasteiger charge is -2.12. The van der Waals surface area contributed by atoms with E-state index >= 15 is 0 Å². The van der Waals surface area contributed by atoms with Crippen molar-refractivity contribution in [3.05, 3.63) is 182 Å². The van der Waals surface area contributed by atoms with Gasteiger partial charge in [-0.1, -0.05) is 127 Å². The average Bonchev–Trinajstić information content (AvgIpc) is 3.66. The van der Waals surface area contributed by atoms with Crippen molar-refractivity contribution in [1.29, 1.82) is 0 Å². The summed E-state index contributed by atoms with van der Waals surface area (Å²) in [4.78, 5) is 0. The highest BCUT2D eigenvalue weighted by atomic mass is 15.0. The van der Waals surface area contributed by atoms with Crippen molar-refractivity contribution in [2.45, 2.75) is 0 Å². The number of benzene rings is 8. The Morgan fingerprint density at radius 1 is 0.280 bits per heavy atom. The van der Waals surface area contributed by atoms with Gasteiger partial charge in [-0.2, -0.15) is 0 Å². The minimum absolute atomic E-state index is 1.18. The predicted octanol–water partition coefficient (Wildman–Crippen LogP) is 12.9. The molecular weight excluding hydrogens is 605 g/mol. The molecule has 2 heteroatoms. The molecule has 10 aromatic rings. The first kappa shape index (κ1) is 27.3. The second kappa shape index (κ2) is 10.4. The van der Waals surface area contributed by atoms with E-state index in [1.165, 1.54) is 99.5 Å². The van der Waals surface area contributed by atoms with Gasteiger partial charge >= 0.3 is 0 Å². The van der Waals surface area contributed by atoms with Crippen LogP contribution in [0.4, 0.5) is 0 Å². The van der Waals surface area contributed by atoms with Gasteiger partial charge in [-0.05, 0) is 88.0 Å². The summed E-state index contributed by atoms with van der Waals surface area (Å²) in [5, 5.41) is 5.09. The van der Waals surface area contributed by atoms with Crippen molar-refractivity contribution in [1.82, 2.24) is 9.13 Å². The summed E-state index contributed by atoms with van der Waals surface area (Å²) < 4.78 is 4.85. The summed E-state index contributed by atoms with van der Waals surface area (Å²) in [6.45, 7) is 0. The van der Waals surface area contributed by atoms with Crippen molar-refractivity contribution >= 4 is 43.6 Å². The number of hydrogen-bond donors (Lipinski definition) is 0. The maximum absolute atomic E-state index is 2.48. The Labute approximate surface area is 289 Å². The smallest absolute Gasteiger partial charge is 0.0620 e. The maximum atomic E-state index is 2.48. The molecule has 0 aliphatic carbocycles. The molecule has 1 aliphatic rings. The van der Waals surface area contributed by atoms with Gasteiger partial charge in [0, 0.05) is 38.4 Å². The average molecular weight is 635 g/mol. The highest BCUT2D eigenvalue weighted by molar-refractivity contribution is 6.18. The molecule has 3 heterocycles. The molecule has 0 spiro atoms. The highest BCUT2D eigenvalue weighted by Gasteiger charge is 2.25. The molecule has 0 saturated heterocycles. The third kappa shape index (κ3) is 3.85. The molecule has 0 N–H and O–H groups in total. The molecule has 50 heavy (non-hydrogen) atoms. The standard InChI is InChI=1S/C48H30N2/c1-2-12-35(13-3-1)49-44-19-9-7-17-39(44)41-28-33(26-27-47(41)49)31-22-24-32(25-23-31)34-29-42-37-15-5-4-14-36(37)38-16-6-10-20-45(38)50-46-21-11-8-18-40(46)43(30-34)48(42)50/h1-30H. The van der Waals surface area contributed by atoms with Gasteiger partial charge in [0.25, 0.3) is 0 Å². The molecule has 8 aromatic carbocycles. The number of aromatic nitrogens is 2. The van der Waals surface area contributed by atoms with Crippen LogP contribution in [0.15, 0.2) is 182 Å². The van der Waals surface area contributed by atoms with Crippen LogP contribution >= 0.6 is 0 Å². The lowest BCUT2D eigenvalue weighted by molar-refractivity contribution is 1.18. The van der Waals surface area contributed by atoms with Crippen LogP contribution in [0.3, 0.4) is 0 Å². The fraction of sp³-hybridized carbons (Fsp3) is 0. The quantitative estimate of drug-likeness (QED) is 0.183. The predicted molar refractivity (Wildman–Crippen MR) is 210 cm³/mol. The van der Waals surface area contributed by atoms with Gasteiger partial charge in [0.15, 0.2) is 0 Å². The van der Waals surface area contributed by atoms with Gasteiger partial charge in [-0.3, -0.25) is 0 Å². The van der Waals surface area contributed by atoms with E-state index < -0.39 is 0 Å². The van der Waals surface area contributed by atoms with Crippen molar-refractivity contribution in [3.8, 4) is 55.9 Å². The SMILES string of the molecule is c1ccc(-n2c3ccccc3c3cc(-c4ccc(-c5cc6c7c(c5)c5ccccc5n7-c5ccccc5-c5ccccc5-6)cc4)ccc32)cc1. The number of para-hydroxylation sites is 4. The third-order valence-electron chi connectivity index (χ3n) is 10.7. The van der Waals surface area contributed by atoms with Crippen LogP contribution in [0.5, 0.6) is 0 Å². The summed E-state index contributed by atoms with van der Waals surface area (Å²) in [5.74, 6) is 0. The molecule has 232 valence electrons. The van der Waals surface area contributed by atoms with Gasteiger partial charge < -0.3 is 9.13 Å². The number of nitrogens with zero attached hydrogens (tertiary/aromatic N) is 2. The van der Waals surface area contributed by atoms with Crippen LogP contribution in [0, 0.1) is 0 Å². The van der Waals surface area contributed by atoms with Gasteiger partial charge in [-0.15, -0.1) is 0 Å². The van der Waals surface area contributed by atoms with Gasteiger partial charge in [0.2, 0.25) is 0 Å². The van der Waals surface area contributed by atoms with E-state index in [9.17, 15) is 0 Å². The van der Waals surface area contributed by atoms with Crippen LogP contribution < -0.4 is 0 Å². The lowest BCUT2D eigenvalue weighted by atomic mass is 9.91. The van der Waals surface area contributed by atoms with Crippen LogP contribution in [0.2, 0.25) is 0 Å². The zero-order valence-electron chi connectivity index (χ0n) is 27.2. The summed E-state index contributed by atoms with van der Waals surface area (Å²) >= 11 is 0. The van der Waals surface area contributed by atoms with Crippen LogP contribution in [-0.2, 0) is 0 Å². The molecule has 1 aliphatic heterocycles. The molecule has 11 rings (SSSR count). The molecule has 2 aromatic heterocycles. The van der Waals surface area contributed by atoms with Crippen molar-refractivity contribution in [2.75, 3.05) is 0 Å². The van der Waals surface area contributed by atoms with E-state index in [2.05, 4.69) is 191 Å². The van der Waals surface area contributed by atoms with Crippen LogP contribution in [0.25, 0.3) is 99.5 Å².